The molecule has 1 aliphatic carbocycles. The van der Waals surface area contributed by atoms with Crippen molar-refractivity contribution in [3.63, 3.8) is 0 Å². The van der Waals surface area contributed by atoms with Crippen LogP contribution in [0.2, 0.25) is 0 Å². The Morgan fingerprint density at radius 1 is 1.24 bits per heavy atom. The van der Waals surface area contributed by atoms with Crippen LogP contribution in [-0.4, -0.2) is 23.4 Å². The third kappa shape index (κ3) is 2.95. The standard InChI is InChI=1S/C16H18ClN3O/c17-9-10-18-16(21)20-15-11-5-1-3-7-13(11)19-14-8-4-2-6-12(14)15/h1,3,5,7H,2,4,6,8-10H2,(H2,18,19,20,21). The molecule has 2 N–H and O–H groups in total. The van der Waals surface area contributed by atoms with Crippen molar-refractivity contribution in [3.05, 3.63) is 35.5 Å². The quantitative estimate of drug-likeness (QED) is 0.853. The number of urea groups is 1. The Kier molecular flexibility index (Phi) is 4.25. The van der Waals surface area contributed by atoms with Gasteiger partial charge in [0.15, 0.2) is 0 Å². The van der Waals surface area contributed by atoms with Crippen LogP contribution in [0, 0.1) is 0 Å². The predicted molar refractivity (Wildman–Crippen MR) is 86.1 cm³/mol. The lowest BCUT2D eigenvalue weighted by molar-refractivity contribution is 0.252. The van der Waals surface area contributed by atoms with Crippen LogP contribution in [-0.2, 0) is 12.8 Å². The largest absolute Gasteiger partial charge is 0.337 e. The molecule has 2 amide bonds. The molecule has 0 unspecified atom stereocenters. The minimum atomic E-state index is -0.209. The maximum Gasteiger partial charge on any atom is 0.319 e. The van der Waals surface area contributed by atoms with Gasteiger partial charge in [-0.3, -0.25) is 4.98 Å². The van der Waals surface area contributed by atoms with E-state index in [1.807, 2.05) is 24.3 Å². The second kappa shape index (κ2) is 6.31. The number of aromatic nitrogens is 1. The van der Waals surface area contributed by atoms with Crippen LogP contribution >= 0.6 is 11.6 Å². The number of pyridine rings is 1. The molecule has 0 spiro atoms. The van der Waals surface area contributed by atoms with Crippen molar-refractivity contribution < 1.29 is 4.79 Å². The van der Waals surface area contributed by atoms with Crippen LogP contribution in [0.5, 0.6) is 0 Å². The van der Waals surface area contributed by atoms with Gasteiger partial charge in [0, 0.05) is 23.5 Å². The summed E-state index contributed by atoms with van der Waals surface area (Å²) < 4.78 is 0. The number of anilines is 1. The fraction of sp³-hybridized carbons (Fsp3) is 0.375. The summed E-state index contributed by atoms with van der Waals surface area (Å²) in [5.74, 6) is 0.405. The minimum Gasteiger partial charge on any atom is -0.337 e. The lowest BCUT2D eigenvalue weighted by Gasteiger charge is -2.21. The van der Waals surface area contributed by atoms with E-state index in [4.69, 9.17) is 16.6 Å². The molecule has 0 atom stereocenters. The molecule has 0 aliphatic heterocycles. The molecule has 110 valence electrons. The fourth-order valence-electron chi connectivity index (χ4n) is 2.83. The number of aryl methyl sites for hydroxylation is 1. The zero-order valence-corrected chi connectivity index (χ0v) is 12.5. The minimum absolute atomic E-state index is 0.209. The number of para-hydroxylation sites is 1. The highest BCUT2D eigenvalue weighted by Gasteiger charge is 2.19. The van der Waals surface area contributed by atoms with Gasteiger partial charge >= 0.3 is 6.03 Å². The average molecular weight is 304 g/mol. The number of hydrogen-bond acceptors (Lipinski definition) is 2. The molecule has 4 nitrogen and oxygen atoms in total. The van der Waals surface area contributed by atoms with Crippen LogP contribution in [0.15, 0.2) is 24.3 Å². The van der Waals surface area contributed by atoms with E-state index in [-0.39, 0.29) is 6.03 Å². The molecule has 0 saturated heterocycles. The van der Waals surface area contributed by atoms with E-state index in [0.717, 1.165) is 48.0 Å². The van der Waals surface area contributed by atoms with Gasteiger partial charge in [-0.15, -0.1) is 11.6 Å². The first kappa shape index (κ1) is 14.1. The number of rotatable bonds is 3. The lowest BCUT2D eigenvalue weighted by Crippen LogP contribution is -2.31. The van der Waals surface area contributed by atoms with E-state index in [1.54, 1.807) is 0 Å². The van der Waals surface area contributed by atoms with Crippen molar-refractivity contribution in [1.29, 1.82) is 0 Å². The van der Waals surface area contributed by atoms with Gasteiger partial charge in [-0.1, -0.05) is 18.2 Å². The number of carbonyl (C=O) groups is 1. The number of carbonyl (C=O) groups excluding carboxylic acids is 1. The molecule has 5 heteroatoms. The second-order valence-electron chi connectivity index (χ2n) is 5.21. The Bertz CT molecular complexity index is 672. The van der Waals surface area contributed by atoms with Crippen LogP contribution in [0.1, 0.15) is 24.1 Å². The smallest absolute Gasteiger partial charge is 0.319 e. The maximum atomic E-state index is 12.0. The first-order valence-electron chi connectivity index (χ1n) is 7.31. The van der Waals surface area contributed by atoms with Gasteiger partial charge in [-0.2, -0.15) is 0 Å². The molecule has 1 aliphatic rings. The van der Waals surface area contributed by atoms with Crippen LogP contribution < -0.4 is 10.6 Å². The normalized spacial score (nSPS) is 13.8. The van der Waals surface area contributed by atoms with Gasteiger partial charge in [0.1, 0.15) is 0 Å². The van der Waals surface area contributed by atoms with E-state index in [9.17, 15) is 4.79 Å². The van der Waals surface area contributed by atoms with E-state index in [2.05, 4.69) is 10.6 Å². The second-order valence-corrected chi connectivity index (χ2v) is 5.58. The highest BCUT2D eigenvalue weighted by Crippen LogP contribution is 2.33. The molecule has 2 aromatic rings. The average Bonchev–Trinajstić information content (AvgIpc) is 2.52. The number of fused-ring (bicyclic) bond motifs is 2. The number of alkyl halides is 1. The topological polar surface area (TPSA) is 54.0 Å². The predicted octanol–water partition coefficient (Wildman–Crippen LogP) is 3.47. The molecule has 3 rings (SSSR count). The van der Waals surface area contributed by atoms with Crippen LogP contribution in [0.4, 0.5) is 10.5 Å². The number of nitrogens with zero attached hydrogens (tertiary/aromatic N) is 1. The van der Waals surface area contributed by atoms with Gasteiger partial charge in [0.2, 0.25) is 0 Å². The fourth-order valence-corrected chi connectivity index (χ4v) is 2.93. The summed E-state index contributed by atoms with van der Waals surface area (Å²) in [5.41, 5.74) is 4.14. The molecular formula is C16H18ClN3O. The number of amides is 2. The molecule has 0 bridgehead atoms. The van der Waals surface area contributed by atoms with E-state index >= 15 is 0 Å². The highest BCUT2D eigenvalue weighted by molar-refractivity contribution is 6.18. The van der Waals surface area contributed by atoms with Gasteiger partial charge in [0.05, 0.1) is 11.2 Å². The Labute approximate surface area is 128 Å². The van der Waals surface area contributed by atoms with Crippen molar-refractivity contribution in [2.24, 2.45) is 0 Å². The maximum absolute atomic E-state index is 12.0. The Morgan fingerprint density at radius 2 is 2.05 bits per heavy atom. The van der Waals surface area contributed by atoms with Crippen LogP contribution in [0.25, 0.3) is 10.9 Å². The van der Waals surface area contributed by atoms with Gasteiger partial charge in [-0.05, 0) is 37.3 Å². The SMILES string of the molecule is O=C(NCCCl)Nc1c2c(nc3ccccc13)CCCC2. The molecular weight excluding hydrogens is 286 g/mol. The van der Waals surface area contributed by atoms with Crippen molar-refractivity contribution in [2.75, 3.05) is 17.7 Å². The number of halogens is 1. The summed E-state index contributed by atoms with van der Waals surface area (Å²) >= 11 is 5.61. The molecule has 1 aromatic carbocycles. The first-order chi connectivity index (χ1) is 10.3. The number of nitrogens with one attached hydrogen (secondary N) is 2. The third-order valence-corrected chi connectivity index (χ3v) is 3.98. The van der Waals surface area contributed by atoms with Crippen molar-refractivity contribution in [3.8, 4) is 0 Å². The van der Waals surface area contributed by atoms with Crippen molar-refractivity contribution >= 4 is 34.2 Å². The van der Waals surface area contributed by atoms with Crippen LogP contribution in [0.3, 0.4) is 0 Å². The van der Waals surface area contributed by atoms with Gasteiger partial charge < -0.3 is 10.6 Å². The monoisotopic (exact) mass is 303 g/mol. The zero-order chi connectivity index (χ0) is 14.7. The summed E-state index contributed by atoms with van der Waals surface area (Å²) in [6.07, 6.45) is 4.26. The molecule has 1 heterocycles. The molecule has 0 fully saturated rings. The number of hydrogen-bond donors (Lipinski definition) is 2. The molecule has 21 heavy (non-hydrogen) atoms. The summed E-state index contributed by atoms with van der Waals surface area (Å²) in [5, 5.41) is 6.75. The summed E-state index contributed by atoms with van der Waals surface area (Å²) in [4.78, 5) is 16.8. The van der Waals surface area contributed by atoms with E-state index in [1.165, 1.54) is 5.56 Å². The molecule has 0 radical (unpaired) electrons. The lowest BCUT2D eigenvalue weighted by atomic mass is 9.93. The molecule has 0 saturated carbocycles. The summed E-state index contributed by atoms with van der Waals surface area (Å²) in [7, 11) is 0. The Balaban J connectivity index is 2.03. The zero-order valence-electron chi connectivity index (χ0n) is 11.8. The summed E-state index contributed by atoms with van der Waals surface area (Å²) in [6.45, 7) is 0.457. The molecule has 1 aromatic heterocycles. The van der Waals surface area contributed by atoms with E-state index < -0.39 is 0 Å². The van der Waals surface area contributed by atoms with Crippen molar-refractivity contribution in [1.82, 2.24) is 10.3 Å². The first-order valence-corrected chi connectivity index (χ1v) is 7.84. The van der Waals surface area contributed by atoms with Gasteiger partial charge in [0.25, 0.3) is 0 Å². The summed E-state index contributed by atoms with van der Waals surface area (Å²) in [6, 6.07) is 7.74. The van der Waals surface area contributed by atoms with Gasteiger partial charge in [-0.25, -0.2) is 4.79 Å². The Hall–Kier alpha value is -1.81. The Morgan fingerprint density at radius 3 is 2.90 bits per heavy atom. The number of benzene rings is 1. The third-order valence-electron chi connectivity index (χ3n) is 3.79. The van der Waals surface area contributed by atoms with Crippen molar-refractivity contribution in [2.45, 2.75) is 25.7 Å². The van der Waals surface area contributed by atoms with E-state index in [0.29, 0.717) is 12.4 Å². The highest BCUT2D eigenvalue weighted by atomic mass is 35.5.